The van der Waals surface area contributed by atoms with E-state index in [0.29, 0.717) is 12.2 Å². The average Bonchev–Trinajstić information content (AvgIpc) is 3.58. The number of hydrogen-bond acceptors (Lipinski definition) is 4. The maximum Gasteiger partial charge on any atom is 0.407 e. The van der Waals surface area contributed by atoms with E-state index >= 15 is 4.39 Å². The summed E-state index contributed by atoms with van der Waals surface area (Å²) in [6.45, 7) is 7.49. The Kier molecular flexibility index (Phi) is 7.11. The summed E-state index contributed by atoms with van der Waals surface area (Å²) in [5, 5.41) is 10.4. The molecule has 1 atom stereocenters. The molecule has 1 N–H and O–H groups in total. The molecule has 1 aliphatic carbocycles. The number of benzene rings is 1. The van der Waals surface area contributed by atoms with Crippen molar-refractivity contribution < 1.29 is 28.6 Å². The van der Waals surface area contributed by atoms with Crippen LogP contribution >= 0.6 is 0 Å². The molecule has 1 aliphatic heterocycles. The monoisotopic (exact) mass is 489 g/mol. The minimum Gasteiger partial charge on any atom is -0.465 e. The van der Waals surface area contributed by atoms with E-state index in [0.717, 1.165) is 36.7 Å². The topological polar surface area (TPSA) is 84.2 Å². The summed E-state index contributed by atoms with van der Waals surface area (Å²) in [5.74, 6) is -0.624. The molecule has 2 aromatic rings. The maximum atomic E-state index is 15.2. The highest BCUT2D eigenvalue weighted by Crippen LogP contribution is 2.41. The van der Waals surface area contributed by atoms with E-state index < -0.39 is 17.1 Å². The van der Waals surface area contributed by atoms with Crippen LogP contribution in [0.4, 0.5) is 9.18 Å². The summed E-state index contributed by atoms with van der Waals surface area (Å²) < 4.78 is 28.6. The lowest BCUT2D eigenvalue weighted by molar-refractivity contribution is -0.192. The first-order valence-electron chi connectivity index (χ1n) is 12.3. The first-order valence-corrected chi connectivity index (χ1v) is 12.3. The second-order valence-electron chi connectivity index (χ2n) is 10.7. The molecule has 0 spiro atoms. The van der Waals surface area contributed by atoms with Crippen LogP contribution in [0.2, 0.25) is 0 Å². The zero-order chi connectivity index (χ0) is 25.4. The van der Waals surface area contributed by atoms with Gasteiger partial charge >= 0.3 is 6.09 Å². The number of ether oxygens (including phenoxy) is 2. The molecule has 1 saturated carbocycles. The van der Waals surface area contributed by atoms with Crippen molar-refractivity contribution in [1.29, 1.82) is 0 Å². The van der Waals surface area contributed by atoms with Crippen LogP contribution in [-0.4, -0.2) is 76.5 Å². The third-order valence-corrected chi connectivity index (χ3v) is 7.23. The van der Waals surface area contributed by atoms with Gasteiger partial charge in [0.1, 0.15) is 5.82 Å². The summed E-state index contributed by atoms with van der Waals surface area (Å²) in [6, 6.07) is 5.24. The van der Waals surface area contributed by atoms with Crippen molar-refractivity contribution in [2.75, 3.05) is 33.4 Å². The number of methoxy groups -OCH3 is 1. The molecule has 2 fully saturated rings. The number of carboxylic acid groups (broad SMARTS) is 1. The molecule has 0 bridgehead atoms. The fraction of sp³-hybridized carbons (Fsp3) is 0.615. The van der Waals surface area contributed by atoms with Crippen molar-refractivity contribution in [2.24, 2.45) is 5.41 Å². The molecular weight excluding hydrogens is 453 g/mol. The van der Waals surface area contributed by atoms with Gasteiger partial charge in [-0.15, -0.1) is 0 Å². The maximum absolute atomic E-state index is 15.2. The molecule has 2 amide bonds. The second kappa shape index (κ2) is 9.78. The molecule has 2 aliphatic rings. The van der Waals surface area contributed by atoms with Crippen LogP contribution < -0.4 is 0 Å². The van der Waals surface area contributed by atoms with Crippen molar-refractivity contribution in [3.63, 3.8) is 0 Å². The van der Waals surface area contributed by atoms with Crippen LogP contribution in [0.5, 0.6) is 0 Å². The van der Waals surface area contributed by atoms with Crippen molar-refractivity contribution >= 4 is 22.9 Å². The van der Waals surface area contributed by atoms with Gasteiger partial charge in [-0.25, -0.2) is 9.18 Å². The lowest BCUT2D eigenvalue weighted by atomic mass is 9.74. The van der Waals surface area contributed by atoms with E-state index in [4.69, 9.17) is 9.47 Å². The number of nitrogens with zero attached hydrogens (tertiary/aromatic N) is 3. The summed E-state index contributed by atoms with van der Waals surface area (Å²) in [4.78, 5) is 28.8. The quantitative estimate of drug-likeness (QED) is 0.565. The highest BCUT2D eigenvalue weighted by atomic mass is 19.1. The molecule has 35 heavy (non-hydrogen) atoms. The normalized spacial score (nSPS) is 20.9. The number of rotatable bonds is 8. The second-order valence-corrected chi connectivity index (χ2v) is 10.7. The zero-order valence-corrected chi connectivity index (χ0v) is 21.1. The lowest BCUT2D eigenvalue weighted by Gasteiger charge is -2.50. The molecule has 1 saturated heterocycles. The largest absolute Gasteiger partial charge is 0.465 e. The molecule has 1 aromatic heterocycles. The van der Waals surface area contributed by atoms with Crippen molar-refractivity contribution in [3.8, 4) is 0 Å². The minimum atomic E-state index is -1.34. The predicted octanol–water partition coefficient (Wildman–Crippen LogP) is 4.10. The smallest absolute Gasteiger partial charge is 0.407 e. The standard InChI is InChI=1S/C26H36FN3O5/c1-25(2,3)26(17-29(24(32)33)11-13-35-26)23(31)30(20-6-7-20)16-19-15-22-18(14-21(19)27)8-10-28(22)9-5-12-34-4/h8,10,14-15,20H,5-7,9,11-13,16-17H2,1-4H3,(H,32,33)/t26-/m1/s1. The van der Waals surface area contributed by atoms with Gasteiger partial charge in [-0.3, -0.25) is 4.79 Å². The Hall–Kier alpha value is -2.65. The Morgan fingerprint density at radius 1 is 1.31 bits per heavy atom. The predicted molar refractivity (Wildman–Crippen MR) is 130 cm³/mol. The van der Waals surface area contributed by atoms with Crippen LogP contribution in [0, 0.1) is 11.2 Å². The van der Waals surface area contributed by atoms with Crippen LogP contribution in [-0.2, 0) is 27.4 Å². The van der Waals surface area contributed by atoms with Crippen molar-refractivity contribution in [2.45, 2.75) is 64.8 Å². The van der Waals surface area contributed by atoms with Crippen LogP contribution in [0.25, 0.3) is 10.9 Å². The number of halogens is 1. The minimum absolute atomic E-state index is 0.00545. The summed E-state index contributed by atoms with van der Waals surface area (Å²) in [6.07, 6.45) is 3.39. The van der Waals surface area contributed by atoms with E-state index in [9.17, 15) is 14.7 Å². The Bertz CT molecular complexity index is 1090. The average molecular weight is 490 g/mol. The van der Waals surface area contributed by atoms with Gasteiger partial charge in [0.05, 0.1) is 13.2 Å². The van der Waals surface area contributed by atoms with Crippen LogP contribution in [0.15, 0.2) is 24.4 Å². The molecule has 1 aromatic carbocycles. The van der Waals surface area contributed by atoms with Gasteiger partial charge in [0.25, 0.3) is 5.91 Å². The first-order chi connectivity index (χ1) is 16.6. The fourth-order valence-electron chi connectivity index (χ4n) is 4.91. The van der Waals surface area contributed by atoms with Gasteiger partial charge in [-0.1, -0.05) is 20.8 Å². The summed E-state index contributed by atoms with van der Waals surface area (Å²) in [5.41, 5.74) is -0.645. The molecule has 192 valence electrons. The lowest BCUT2D eigenvalue weighted by Crippen LogP contribution is -2.67. The Morgan fingerprint density at radius 3 is 2.69 bits per heavy atom. The van der Waals surface area contributed by atoms with E-state index in [1.165, 1.54) is 11.0 Å². The number of carbonyl (C=O) groups excluding carboxylic acids is 1. The first kappa shape index (κ1) is 25.4. The number of fused-ring (bicyclic) bond motifs is 1. The third-order valence-electron chi connectivity index (χ3n) is 7.23. The van der Waals surface area contributed by atoms with E-state index in [2.05, 4.69) is 4.57 Å². The molecule has 0 unspecified atom stereocenters. The molecule has 4 rings (SSSR count). The summed E-state index contributed by atoms with van der Waals surface area (Å²) >= 11 is 0. The fourth-order valence-corrected chi connectivity index (χ4v) is 4.91. The zero-order valence-electron chi connectivity index (χ0n) is 21.1. The van der Waals surface area contributed by atoms with Gasteiger partial charge in [0.2, 0.25) is 0 Å². The molecule has 0 radical (unpaired) electrons. The number of hydrogen-bond donors (Lipinski definition) is 1. The molecular formula is C26H36FN3O5. The number of amides is 2. The Morgan fingerprint density at radius 2 is 2.06 bits per heavy atom. The van der Waals surface area contributed by atoms with E-state index in [1.807, 2.05) is 39.1 Å². The highest BCUT2D eigenvalue weighted by Gasteiger charge is 2.56. The summed E-state index contributed by atoms with van der Waals surface area (Å²) in [7, 11) is 1.67. The Labute approximate surface area is 205 Å². The van der Waals surface area contributed by atoms with Crippen molar-refractivity contribution in [3.05, 3.63) is 35.8 Å². The third kappa shape index (κ3) is 5.02. The number of aryl methyl sites for hydroxylation is 1. The molecule has 2 heterocycles. The van der Waals surface area contributed by atoms with Crippen LogP contribution in [0.3, 0.4) is 0 Å². The van der Waals surface area contributed by atoms with E-state index in [-0.39, 0.29) is 44.0 Å². The van der Waals surface area contributed by atoms with Gasteiger partial charge in [0, 0.05) is 67.5 Å². The molecule has 8 nitrogen and oxygen atoms in total. The Balaban J connectivity index is 1.66. The SMILES string of the molecule is COCCCn1ccc2cc(F)c(CN(C(=O)[C@@]3(C(C)(C)C)CN(C(=O)O)CCO3)C3CC3)cc21. The van der Waals surface area contributed by atoms with Gasteiger partial charge in [0.15, 0.2) is 5.60 Å². The van der Waals surface area contributed by atoms with Crippen molar-refractivity contribution in [1.82, 2.24) is 14.4 Å². The van der Waals surface area contributed by atoms with Crippen LogP contribution in [0.1, 0.15) is 45.6 Å². The van der Waals surface area contributed by atoms with E-state index in [1.54, 1.807) is 12.0 Å². The highest BCUT2D eigenvalue weighted by molar-refractivity contribution is 5.88. The van der Waals surface area contributed by atoms with Gasteiger partial charge in [-0.05, 0) is 37.5 Å². The number of carbonyl (C=O) groups is 2. The molecule has 9 heteroatoms. The van der Waals surface area contributed by atoms with Gasteiger partial charge < -0.3 is 28.9 Å². The number of aromatic nitrogens is 1. The van der Waals surface area contributed by atoms with Gasteiger partial charge in [-0.2, -0.15) is 0 Å². The number of morpholine rings is 1.